The maximum absolute atomic E-state index is 10.8. The molecular formula is C25H36O4. The number of benzene rings is 1. The Labute approximate surface area is 175 Å². The molecule has 4 nitrogen and oxygen atoms in total. The molecule has 0 bridgehead atoms. The van der Waals surface area contributed by atoms with Crippen molar-refractivity contribution in [2.24, 2.45) is 5.92 Å². The summed E-state index contributed by atoms with van der Waals surface area (Å²) in [5, 5.41) is 10.8. The molecule has 4 rings (SSSR count). The van der Waals surface area contributed by atoms with Crippen molar-refractivity contribution in [2.75, 3.05) is 13.2 Å². The lowest BCUT2D eigenvalue weighted by Crippen LogP contribution is -2.35. The van der Waals surface area contributed by atoms with Crippen LogP contribution < -0.4 is 9.47 Å². The van der Waals surface area contributed by atoms with Crippen LogP contribution >= 0.6 is 0 Å². The summed E-state index contributed by atoms with van der Waals surface area (Å²) in [6.07, 6.45) is 10.00. The zero-order chi connectivity index (χ0) is 20.4. The van der Waals surface area contributed by atoms with E-state index >= 15 is 0 Å². The molecule has 29 heavy (non-hydrogen) atoms. The van der Waals surface area contributed by atoms with Crippen molar-refractivity contribution in [3.63, 3.8) is 0 Å². The maximum atomic E-state index is 10.8. The summed E-state index contributed by atoms with van der Waals surface area (Å²) < 4.78 is 18.4. The van der Waals surface area contributed by atoms with Gasteiger partial charge in [-0.15, -0.1) is 0 Å². The monoisotopic (exact) mass is 400 g/mol. The normalized spacial score (nSPS) is 27.9. The minimum Gasteiger partial charge on any atom is -0.492 e. The molecule has 1 aromatic rings. The second kappa shape index (κ2) is 8.69. The highest BCUT2D eigenvalue weighted by atomic mass is 16.5. The van der Waals surface area contributed by atoms with Crippen LogP contribution in [0.2, 0.25) is 0 Å². The van der Waals surface area contributed by atoms with Gasteiger partial charge in [0, 0.05) is 24.5 Å². The zero-order valence-electron chi connectivity index (χ0n) is 18.2. The van der Waals surface area contributed by atoms with Crippen molar-refractivity contribution in [1.29, 1.82) is 0 Å². The standard InChI is InChI=1S/C25H36O4/c1-4-5-6-13-27-19-8-9-20(22(26)15-19)18-14-17-7-10-23-21(24(17)28-16-18)11-12-25(2,3)29-23/h7,9-10,18-19,22,26H,4-6,8,11-16H2,1-3H3. The molecule has 3 unspecified atom stereocenters. The van der Waals surface area contributed by atoms with E-state index in [0.29, 0.717) is 13.0 Å². The Kier molecular flexibility index (Phi) is 6.21. The third-order valence-electron chi connectivity index (χ3n) is 6.62. The minimum absolute atomic E-state index is 0.107. The molecule has 0 saturated heterocycles. The van der Waals surface area contributed by atoms with Gasteiger partial charge in [-0.25, -0.2) is 0 Å². The molecule has 3 aliphatic rings. The summed E-state index contributed by atoms with van der Waals surface area (Å²) >= 11 is 0. The Morgan fingerprint density at radius 3 is 2.90 bits per heavy atom. The number of fused-ring (bicyclic) bond motifs is 3. The molecule has 0 spiro atoms. The molecule has 2 aliphatic heterocycles. The van der Waals surface area contributed by atoms with E-state index in [2.05, 4.69) is 39.0 Å². The third-order valence-corrected chi connectivity index (χ3v) is 6.62. The van der Waals surface area contributed by atoms with Gasteiger partial charge in [-0.3, -0.25) is 0 Å². The van der Waals surface area contributed by atoms with Crippen LogP contribution in [0.4, 0.5) is 0 Å². The van der Waals surface area contributed by atoms with E-state index in [1.165, 1.54) is 24.0 Å². The molecule has 1 N–H and O–H groups in total. The van der Waals surface area contributed by atoms with Gasteiger partial charge in [-0.1, -0.05) is 31.9 Å². The summed E-state index contributed by atoms with van der Waals surface area (Å²) in [6, 6.07) is 4.25. The number of aliphatic hydroxyl groups is 1. The highest BCUT2D eigenvalue weighted by Gasteiger charge is 2.35. The lowest BCUT2D eigenvalue weighted by atomic mass is 9.81. The van der Waals surface area contributed by atoms with Crippen molar-refractivity contribution in [3.8, 4) is 11.5 Å². The summed E-state index contributed by atoms with van der Waals surface area (Å²) in [5.41, 5.74) is 3.50. The van der Waals surface area contributed by atoms with Crippen LogP contribution in [-0.4, -0.2) is 36.1 Å². The fourth-order valence-electron chi connectivity index (χ4n) is 4.89. The molecule has 0 saturated carbocycles. The Morgan fingerprint density at radius 2 is 2.10 bits per heavy atom. The van der Waals surface area contributed by atoms with Gasteiger partial charge in [0.05, 0.1) is 18.8 Å². The smallest absolute Gasteiger partial charge is 0.129 e. The van der Waals surface area contributed by atoms with Crippen LogP contribution in [-0.2, 0) is 17.6 Å². The number of unbranched alkanes of at least 4 members (excludes halogenated alkanes) is 2. The first-order valence-electron chi connectivity index (χ1n) is 11.4. The molecular weight excluding hydrogens is 364 g/mol. The average Bonchev–Trinajstić information content (AvgIpc) is 2.70. The van der Waals surface area contributed by atoms with Gasteiger partial charge in [0.1, 0.15) is 17.1 Å². The van der Waals surface area contributed by atoms with Gasteiger partial charge in [-0.2, -0.15) is 0 Å². The Morgan fingerprint density at radius 1 is 1.24 bits per heavy atom. The van der Waals surface area contributed by atoms with Gasteiger partial charge in [-0.05, 0) is 63.2 Å². The van der Waals surface area contributed by atoms with E-state index in [4.69, 9.17) is 14.2 Å². The number of rotatable bonds is 6. The van der Waals surface area contributed by atoms with Gasteiger partial charge < -0.3 is 19.3 Å². The third kappa shape index (κ3) is 4.64. The lowest BCUT2D eigenvalue weighted by Gasteiger charge is -2.37. The van der Waals surface area contributed by atoms with E-state index in [1.54, 1.807) is 0 Å². The first-order valence-corrected chi connectivity index (χ1v) is 11.4. The fraction of sp³-hybridized carbons (Fsp3) is 0.680. The summed E-state index contributed by atoms with van der Waals surface area (Å²) in [5.74, 6) is 2.24. The minimum atomic E-state index is -0.420. The van der Waals surface area contributed by atoms with E-state index in [9.17, 15) is 5.11 Å². The van der Waals surface area contributed by atoms with E-state index in [1.807, 2.05) is 0 Å². The molecule has 0 aromatic heterocycles. The topological polar surface area (TPSA) is 47.9 Å². The van der Waals surface area contributed by atoms with Crippen LogP contribution in [0.1, 0.15) is 70.4 Å². The number of ether oxygens (including phenoxy) is 3. The first kappa shape index (κ1) is 20.7. The number of hydrogen-bond donors (Lipinski definition) is 1. The molecule has 2 heterocycles. The quantitative estimate of drug-likeness (QED) is 0.539. The zero-order valence-corrected chi connectivity index (χ0v) is 18.2. The first-order chi connectivity index (χ1) is 14.0. The van der Waals surface area contributed by atoms with E-state index < -0.39 is 6.10 Å². The van der Waals surface area contributed by atoms with Crippen molar-refractivity contribution in [3.05, 3.63) is 34.9 Å². The van der Waals surface area contributed by atoms with Crippen LogP contribution in [0.5, 0.6) is 11.5 Å². The fourth-order valence-corrected chi connectivity index (χ4v) is 4.89. The van der Waals surface area contributed by atoms with Crippen LogP contribution in [0.3, 0.4) is 0 Å². The molecule has 1 aromatic carbocycles. The molecule has 3 atom stereocenters. The van der Waals surface area contributed by atoms with Crippen molar-refractivity contribution < 1.29 is 19.3 Å². The van der Waals surface area contributed by atoms with Crippen LogP contribution in [0.15, 0.2) is 23.8 Å². The molecule has 0 radical (unpaired) electrons. The number of hydrogen-bond acceptors (Lipinski definition) is 4. The highest BCUT2D eigenvalue weighted by molar-refractivity contribution is 5.53. The van der Waals surface area contributed by atoms with Crippen molar-refractivity contribution >= 4 is 0 Å². The van der Waals surface area contributed by atoms with E-state index in [-0.39, 0.29) is 17.6 Å². The Hall–Kier alpha value is -1.52. The molecule has 4 heteroatoms. The lowest BCUT2D eigenvalue weighted by molar-refractivity contribution is 0.0113. The molecule has 0 fully saturated rings. The average molecular weight is 401 g/mol. The summed E-state index contributed by atoms with van der Waals surface area (Å²) in [7, 11) is 0. The maximum Gasteiger partial charge on any atom is 0.129 e. The Balaban J connectivity index is 1.41. The molecule has 1 aliphatic carbocycles. The molecule has 0 amide bonds. The van der Waals surface area contributed by atoms with Crippen molar-refractivity contribution in [2.45, 2.75) is 89.9 Å². The summed E-state index contributed by atoms with van der Waals surface area (Å²) in [4.78, 5) is 0. The largest absolute Gasteiger partial charge is 0.492 e. The molecule has 160 valence electrons. The number of aliphatic hydroxyl groups excluding tert-OH is 1. The second-order valence-electron chi connectivity index (χ2n) is 9.50. The van der Waals surface area contributed by atoms with E-state index in [0.717, 1.165) is 55.8 Å². The SMILES string of the molecule is CCCCCOC1CC=C(C2COc3c(ccc4c3CCC(C)(C)O4)C2)C(O)C1. The Bertz CT molecular complexity index is 751. The van der Waals surface area contributed by atoms with Crippen LogP contribution in [0.25, 0.3) is 0 Å². The second-order valence-corrected chi connectivity index (χ2v) is 9.50. The van der Waals surface area contributed by atoms with Crippen LogP contribution in [0, 0.1) is 5.92 Å². The van der Waals surface area contributed by atoms with Gasteiger partial charge in [0.2, 0.25) is 0 Å². The predicted octanol–water partition coefficient (Wildman–Crippen LogP) is 5.00. The van der Waals surface area contributed by atoms with Crippen molar-refractivity contribution in [1.82, 2.24) is 0 Å². The predicted molar refractivity (Wildman–Crippen MR) is 115 cm³/mol. The van der Waals surface area contributed by atoms with Gasteiger partial charge in [0.15, 0.2) is 0 Å². The van der Waals surface area contributed by atoms with Gasteiger partial charge in [0.25, 0.3) is 0 Å². The summed E-state index contributed by atoms with van der Waals surface area (Å²) in [6.45, 7) is 7.93. The van der Waals surface area contributed by atoms with Gasteiger partial charge >= 0.3 is 0 Å². The highest BCUT2D eigenvalue weighted by Crippen LogP contribution is 2.44.